The van der Waals surface area contributed by atoms with Crippen LogP contribution in [-0.2, 0) is 0 Å². The molecule has 0 heterocycles. The van der Waals surface area contributed by atoms with Crippen LogP contribution in [0.25, 0.3) is 0 Å². The van der Waals surface area contributed by atoms with E-state index in [4.69, 9.17) is 11.5 Å². The molecule has 84 valence electrons. The molecule has 1 rings (SSSR count). The Kier molecular flexibility index (Phi) is 2.92. The minimum atomic E-state index is -5.08. The van der Waals surface area contributed by atoms with Gasteiger partial charge in [-0.05, 0) is 18.2 Å². The molecule has 0 aliphatic rings. The standard InChI is InChI=1S/C8H8F4N2O/c9-7(8(10,11)12)15-6-2-1-4(13)3-5(6)14/h1-3,7H,13-14H2. The molecule has 0 saturated carbocycles. The summed E-state index contributed by atoms with van der Waals surface area (Å²) in [6, 6.07) is 3.51. The number of halogens is 4. The Morgan fingerprint density at radius 1 is 1.20 bits per heavy atom. The van der Waals surface area contributed by atoms with Gasteiger partial charge in [0.25, 0.3) is 0 Å². The Balaban J connectivity index is 2.82. The van der Waals surface area contributed by atoms with E-state index in [-0.39, 0.29) is 11.4 Å². The fourth-order valence-electron chi connectivity index (χ4n) is 0.853. The van der Waals surface area contributed by atoms with Crippen molar-refractivity contribution in [3.8, 4) is 5.75 Å². The monoisotopic (exact) mass is 224 g/mol. The molecule has 0 saturated heterocycles. The summed E-state index contributed by atoms with van der Waals surface area (Å²) in [4.78, 5) is 0. The molecule has 1 unspecified atom stereocenters. The van der Waals surface area contributed by atoms with Crippen LogP contribution < -0.4 is 16.2 Å². The van der Waals surface area contributed by atoms with Gasteiger partial charge in [0.2, 0.25) is 0 Å². The lowest BCUT2D eigenvalue weighted by atomic mass is 10.2. The van der Waals surface area contributed by atoms with Crippen LogP contribution in [0, 0.1) is 0 Å². The second-order valence-corrected chi connectivity index (χ2v) is 2.77. The number of alkyl halides is 4. The van der Waals surface area contributed by atoms with Crippen LogP contribution in [0.1, 0.15) is 0 Å². The molecule has 1 atom stereocenters. The molecule has 0 aliphatic heterocycles. The van der Waals surface area contributed by atoms with Crippen LogP contribution in [0.5, 0.6) is 5.75 Å². The molecule has 0 aromatic heterocycles. The van der Waals surface area contributed by atoms with Gasteiger partial charge in [-0.3, -0.25) is 0 Å². The Bertz CT molecular complexity index is 353. The van der Waals surface area contributed by atoms with E-state index in [9.17, 15) is 17.6 Å². The number of rotatable bonds is 2. The highest BCUT2D eigenvalue weighted by molar-refractivity contribution is 5.60. The van der Waals surface area contributed by atoms with Crippen molar-refractivity contribution in [2.75, 3.05) is 11.5 Å². The average molecular weight is 224 g/mol. The summed E-state index contributed by atoms with van der Waals surface area (Å²) in [5.41, 5.74) is 10.7. The fraction of sp³-hybridized carbons (Fsp3) is 0.250. The number of hydrogen-bond acceptors (Lipinski definition) is 3. The van der Waals surface area contributed by atoms with Crippen LogP contribution >= 0.6 is 0 Å². The van der Waals surface area contributed by atoms with Crippen LogP contribution in [0.15, 0.2) is 18.2 Å². The smallest absolute Gasteiger partial charge is 0.450 e. The number of ether oxygens (including phenoxy) is 1. The fourth-order valence-corrected chi connectivity index (χ4v) is 0.853. The van der Waals surface area contributed by atoms with E-state index in [2.05, 4.69) is 4.74 Å². The van der Waals surface area contributed by atoms with Gasteiger partial charge in [-0.1, -0.05) is 0 Å². The highest BCUT2D eigenvalue weighted by atomic mass is 19.4. The highest BCUT2D eigenvalue weighted by Gasteiger charge is 2.42. The lowest BCUT2D eigenvalue weighted by Gasteiger charge is -2.15. The first-order chi connectivity index (χ1) is 6.80. The molecule has 0 aliphatic carbocycles. The van der Waals surface area contributed by atoms with Gasteiger partial charge in [-0.25, -0.2) is 0 Å². The van der Waals surface area contributed by atoms with Gasteiger partial charge in [0, 0.05) is 5.69 Å². The minimum Gasteiger partial charge on any atom is -0.450 e. The average Bonchev–Trinajstić information content (AvgIpc) is 2.08. The predicted octanol–water partition coefficient (Wildman–Crippen LogP) is 2.09. The maximum Gasteiger partial charge on any atom is 0.457 e. The van der Waals surface area contributed by atoms with E-state index >= 15 is 0 Å². The molecule has 15 heavy (non-hydrogen) atoms. The molecule has 0 spiro atoms. The second kappa shape index (κ2) is 3.84. The highest BCUT2D eigenvalue weighted by Crippen LogP contribution is 2.30. The van der Waals surface area contributed by atoms with Gasteiger partial charge >= 0.3 is 12.5 Å². The lowest BCUT2D eigenvalue weighted by molar-refractivity contribution is -0.236. The molecule has 0 bridgehead atoms. The maximum atomic E-state index is 12.4. The van der Waals surface area contributed by atoms with E-state index in [0.717, 1.165) is 6.07 Å². The Morgan fingerprint density at radius 2 is 1.80 bits per heavy atom. The summed E-state index contributed by atoms with van der Waals surface area (Å²) in [6.45, 7) is 0. The summed E-state index contributed by atoms with van der Waals surface area (Å²) >= 11 is 0. The number of hydrogen-bond donors (Lipinski definition) is 2. The van der Waals surface area contributed by atoms with Crippen LogP contribution in [0.3, 0.4) is 0 Å². The third-order valence-corrected chi connectivity index (χ3v) is 1.52. The molecule has 0 amide bonds. The molecule has 7 heteroatoms. The summed E-state index contributed by atoms with van der Waals surface area (Å²) in [6.07, 6.45) is -8.48. The van der Waals surface area contributed by atoms with Crippen molar-refractivity contribution in [1.29, 1.82) is 0 Å². The first kappa shape index (κ1) is 11.4. The van der Waals surface area contributed by atoms with Crippen molar-refractivity contribution in [2.45, 2.75) is 12.5 Å². The number of anilines is 2. The van der Waals surface area contributed by atoms with E-state index in [1.807, 2.05) is 0 Å². The summed E-state index contributed by atoms with van der Waals surface area (Å²) < 4.78 is 51.8. The molecule has 1 aromatic rings. The molecular formula is C8H8F4N2O. The summed E-state index contributed by atoms with van der Waals surface area (Å²) in [5.74, 6) is -0.394. The second-order valence-electron chi connectivity index (χ2n) is 2.77. The van der Waals surface area contributed by atoms with E-state index in [0.29, 0.717) is 0 Å². The zero-order valence-corrected chi connectivity index (χ0v) is 7.38. The molecule has 1 aromatic carbocycles. The van der Waals surface area contributed by atoms with Gasteiger partial charge in [-0.15, -0.1) is 0 Å². The van der Waals surface area contributed by atoms with Crippen molar-refractivity contribution in [2.24, 2.45) is 0 Å². The molecular weight excluding hydrogens is 216 g/mol. The Labute approximate surface area is 82.6 Å². The van der Waals surface area contributed by atoms with Crippen LogP contribution in [0.2, 0.25) is 0 Å². The summed E-state index contributed by atoms with van der Waals surface area (Å²) in [5, 5.41) is 0. The van der Waals surface area contributed by atoms with Crippen LogP contribution in [0.4, 0.5) is 28.9 Å². The number of nitrogen functional groups attached to an aromatic ring is 2. The van der Waals surface area contributed by atoms with Gasteiger partial charge < -0.3 is 16.2 Å². The van der Waals surface area contributed by atoms with Crippen molar-refractivity contribution >= 4 is 11.4 Å². The van der Waals surface area contributed by atoms with Gasteiger partial charge in [0.1, 0.15) is 5.75 Å². The maximum absolute atomic E-state index is 12.4. The van der Waals surface area contributed by atoms with Gasteiger partial charge in [0.15, 0.2) is 0 Å². The zero-order chi connectivity index (χ0) is 11.6. The zero-order valence-electron chi connectivity index (χ0n) is 7.38. The van der Waals surface area contributed by atoms with E-state index in [1.165, 1.54) is 12.1 Å². The normalized spacial score (nSPS) is 13.6. The molecule has 0 fully saturated rings. The Hall–Kier alpha value is -1.66. The van der Waals surface area contributed by atoms with E-state index < -0.39 is 18.3 Å². The third kappa shape index (κ3) is 2.90. The third-order valence-electron chi connectivity index (χ3n) is 1.52. The van der Waals surface area contributed by atoms with Crippen molar-refractivity contribution < 1.29 is 22.3 Å². The molecule has 3 nitrogen and oxygen atoms in total. The molecule has 0 radical (unpaired) electrons. The topological polar surface area (TPSA) is 61.3 Å². The first-order valence-corrected chi connectivity index (χ1v) is 3.83. The van der Waals surface area contributed by atoms with Crippen molar-refractivity contribution in [1.82, 2.24) is 0 Å². The SMILES string of the molecule is Nc1ccc(OC(F)C(F)(F)F)c(N)c1. The van der Waals surface area contributed by atoms with Crippen molar-refractivity contribution in [3.05, 3.63) is 18.2 Å². The van der Waals surface area contributed by atoms with Crippen molar-refractivity contribution in [3.63, 3.8) is 0 Å². The number of benzene rings is 1. The molecule has 4 N–H and O–H groups in total. The lowest BCUT2D eigenvalue weighted by Crippen LogP contribution is -2.30. The van der Waals surface area contributed by atoms with Gasteiger partial charge in [0.05, 0.1) is 5.69 Å². The minimum absolute atomic E-state index is 0.151. The largest absolute Gasteiger partial charge is 0.457 e. The number of nitrogens with two attached hydrogens (primary N) is 2. The van der Waals surface area contributed by atoms with E-state index in [1.54, 1.807) is 0 Å². The quantitative estimate of drug-likeness (QED) is 0.597. The predicted molar refractivity (Wildman–Crippen MR) is 46.8 cm³/mol. The Morgan fingerprint density at radius 3 is 2.27 bits per heavy atom. The van der Waals surface area contributed by atoms with Crippen LogP contribution in [-0.4, -0.2) is 12.5 Å². The summed E-state index contributed by atoms with van der Waals surface area (Å²) in [7, 11) is 0. The van der Waals surface area contributed by atoms with Gasteiger partial charge in [-0.2, -0.15) is 17.6 Å². The first-order valence-electron chi connectivity index (χ1n) is 3.83.